The highest BCUT2D eigenvalue weighted by atomic mass is 32.1. The molecule has 3 heterocycles. The van der Waals surface area contributed by atoms with Crippen molar-refractivity contribution in [2.75, 3.05) is 0 Å². The van der Waals surface area contributed by atoms with Crippen molar-refractivity contribution < 1.29 is 4.42 Å². The molecular formula is C51H31N3OS. The molecule has 0 radical (unpaired) electrons. The molecule has 0 saturated carbocycles. The van der Waals surface area contributed by atoms with Crippen LogP contribution in [-0.4, -0.2) is 15.0 Å². The summed E-state index contributed by atoms with van der Waals surface area (Å²) in [4.78, 5) is 15.5. The molecule has 0 aliphatic carbocycles. The van der Waals surface area contributed by atoms with Crippen LogP contribution in [0.15, 0.2) is 192 Å². The molecule has 5 heteroatoms. The third kappa shape index (κ3) is 5.56. The minimum absolute atomic E-state index is 0.592. The summed E-state index contributed by atoms with van der Waals surface area (Å²) in [5.74, 6) is 1.82. The summed E-state index contributed by atoms with van der Waals surface area (Å²) in [7, 11) is 0. The zero-order chi connectivity index (χ0) is 37.0. The van der Waals surface area contributed by atoms with Crippen molar-refractivity contribution in [2.45, 2.75) is 0 Å². The van der Waals surface area contributed by atoms with E-state index in [9.17, 15) is 0 Å². The van der Waals surface area contributed by atoms with Gasteiger partial charge in [-0.15, -0.1) is 11.3 Å². The second-order valence-electron chi connectivity index (χ2n) is 14.0. The van der Waals surface area contributed by atoms with Crippen LogP contribution in [0.5, 0.6) is 0 Å². The highest BCUT2D eigenvalue weighted by Gasteiger charge is 2.20. The Morgan fingerprint density at radius 2 is 0.911 bits per heavy atom. The molecule has 0 atom stereocenters. The highest BCUT2D eigenvalue weighted by Crippen LogP contribution is 2.44. The first-order chi connectivity index (χ1) is 27.7. The molecule has 0 N–H and O–H groups in total. The molecule has 8 aromatic carbocycles. The molecule has 56 heavy (non-hydrogen) atoms. The average molecular weight is 734 g/mol. The molecule has 11 rings (SSSR count). The smallest absolute Gasteiger partial charge is 0.164 e. The van der Waals surface area contributed by atoms with Crippen molar-refractivity contribution in [2.24, 2.45) is 0 Å². The molecule has 0 unspecified atom stereocenters. The van der Waals surface area contributed by atoms with Crippen LogP contribution in [-0.2, 0) is 0 Å². The Morgan fingerprint density at radius 1 is 0.339 bits per heavy atom. The van der Waals surface area contributed by atoms with E-state index in [1.54, 1.807) is 0 Å². The first-order valence-corrected chi connectivity index (χ1v) is 19.5. The Hall–Kier alpha value is -7.21. The van der Waals surface area contributed by atoms with Gasteiger partial charge >= 0.3 is 0 Å². The van der Waals surface area contributed by atoms with Gasteiger partial charge in [-0.2, -0.15) is 0 Å². The fraction of sp³-hybridized carbons (Fsp3) is 0. The topological polar surface area (TPSA) is 51.8 Å². The molecule has 0 fully saturated rings. The number of furan rings is 1. The average Bonchev–Trinajstić information content (AvgIpc) is 3.85. The monoisotopic (exact) mass is 733 g/mol. The molecule has 0 amide bonds. The van der Waals surface area contributed by atoms with Crippen molar-refractivity contribution >= 4 is 53.4 Å². The van der Waals surface area contributed by atoms with E-state index in [0.29, 0.717) is 17.5 Å². The van der Waals surface area contributed by atoms with Gasteiger partial charge in [-0.1, -0.05) is 158 Å². The summed E-state index contributed by atoms with van der Waals surface area (Å²) in [6, 6.07) is 65.6. The Kier molecular flexibility index (Phi) is 7.64. The number of fused-ring (bicyclic) bond motifs is 6. The summed E-state index contributed by atoms with van der Waals surface area (Å²) >= 11 is 1.85. The van der Waals surface area contributed by atoms with E-state index in [0.717, 1.165) is 60.9 Å². The van der Waals surface area contributed by atoms with Gasteiger partial charge in [0.2, 0.25) is 0 Å². The van der Waals surface area contributed by atoms with Gasteiger partial charge < -0.3 is 4.42 Å². The van der Waals surface area contributed by atoms with Crippen LogP contribution in [0.1, 0.15) is 0 Å². The van der Waals surface area contributed by atoms with Gasteiger partial charge in [-0.3, -0.25) is 0 Å². The quantitative estimate of drug-likeness (QED) is 0.171. The van der Waals surface area contributed by atoms with E-state index < -0.39 is 0 Å². The summed E-state index contributed by atoms with van der Waals surface area (Å²) in [5, 5.41) is 4.49. The first kappa shape index (κ1) is 32.2. The molecule has 0 aliphatic heterocycles. The lowest BCUT2D eigenvalue weighted by molar-refractivity contribution is 0.669. The molecule has 4 nitrogen and oxygen atoms in total. The van der Waals surface area contributed by atoms with E-state index in [-0.39, 0.29) is 0 Å². The van der Waals surface area contributed by atoms with Crippen LogP contribution >= 0.6 is 11.3 Å². The fourth-order valence-electron chi connectivity index (χ4n) is 7.80. The number of hydrogen-bond donors (Lipinski definition) is 0. The van der Waals surface area contributed by atoms with Gasteiger partial charge in [0, 0.05) is 47.6 Å². The maximum Gasteiger partial charge on any atom is 0.164 e. The number of thiophene rings is 1. The Balaban J connectivity index is 1.11. The van der Waals surface area contributed by atoms with E-state index in [4.69, 9.17) is 19.4 Å². The molecule has 0 bridgehead atoms. The zero-order valence-corrected chi connectivity index (χ0v) is 30.9. The SMILES string of the molecule is c1ccc(-c2ccc(-c3nc(-c4ccccc4)nc(-c4cc(-c5ccc6sc7c(-c8ccccc8)cccc7c6c5)cc5oc6ccccc6c45)n3)cc2)cc1. The lowest BCUT2D eigenvalue weighted by Gasteiger charge is -2.11. The maximum atomic E-state index is 6.60. The van der Waals surface area contributed by atoms with Crippen molar-refractivity contribution in [1.29, 1.82) is 0 Å². The van der Waals surface area contributed by atoms with Crippen LogP contribution in [0, 0.1) is 0 Å². The maximum absolute atomic E-state index is 6.60. The van der Waals surface area contributed by atoms with Crippen molar-refractivity contribution in [3.8, 4) is 67.5 Å². The fourth-order valence-corrected chi connectivity index (χ4v) is 9.02. The molecule has 262 valence electrons. The molecular weight excluding hydrogens is 703 g/mol. The second-order valence-corrected chi connectivity index (χ2v) is 15.0. The van der Waals surface area contributed by atoms with E-state index in [1.165, 1.54) is 31.3 Å². The summed E-state index contributed by atoms with van der Waals surface area (Å²) < 4.78 is 9.15. The first-order valence-electron chi connectivity index (χ1n) is 18.7. The van der Waals surface area contributed by atoms with Crippen LogP contribution < -0.4 is 0 Å². The van der Waals surface area contributed by atoms with E-state index in [1.807, 2.05) is 59.9 Å². The molecule has 11 aromatic rings. The summed E-state index contributed by atoms with van der Waals surface area (Å²) in [6.07, 6.45) is 0. The van der Waals surface area contributed by atoms with Crippen molar-refractivity contribution in [3.05, 3.63) is 188 Å². The van der Waals surface area contributed by atoms with Gasteiger partial charge in [0.25, 0.3) is 0 Å². The third-order valence-corrected chi connectivity index (χ3v) is 11.8. The summed E-state index contributed by atoms with van der Waals surface area (Å²) in [6.45, 7) is 0. The van der Waals surface area contributed by atoms with Crippen LogP contribution in [0.4, 0.5) is 0 Å². The van der Waals surface area contributed by atoms with Crippen LogP contribution in [0.2, 0.25) is 0 Å². The number of para-hydroxylation sites is 1. The number of nitrogens with zero attached hydrogens (tertiary/aromatic N) is 3. The van der Waals surface area contributed by atoms with Gasteiger partial charge in [-0.05, 0) is 63.7 Å². The Morgan fingerprint density at radius 3 is 1.66 bits per heavy atom. The minimum atomic E-state index is 0.592. The number of hydrogen-bond acceptors (Lipinski definition) is 5. The highest BCUT2D eigenvalue weighted by molar-refractivity contribution is 7.26. The summed E-state index contributed by atoms with van der Waals surface area (Å²) in [5.41, 5.74) is 11.3. The Labute approximate surface area is 327 Å². The molecule has 0 spiro atoms. The van der Waals surface area contributed by atoms with Gasteiger partial charge in [0.1, 0.15) is 11.2 Å². The van der Waals surface area contributed by atoms with Gasteiger partial charge in [0.05, 0.1) is 0 Å². The second kappa shape index (κ2) is 13.3. The van der Waals surface area contributed by atoms with Crippen molar-refractivity contribution in [3.63, 3.8) is 0 Å². The van der Waals surface area contributed by atoms with E-state index in [2.05, 4.69) is 140 Å². The lowest BCUT2D eigenvalue weighted by Crippen LogP contribution is -2.00. The molecule has 0 saturated heterocycles. The molecule has 3 aromatic heterocycles. The van der Waals surface area contributed by atoms with Crippen LogP contribution in [0.3, 0.4) is 0 Å². The number of rotatable bonds is 6. The lowest BCUT2D eigenvalue weighted by atomic mass is 9.96. The predicted molar refractivity (Wildman–Crippen MR) is 233 cm³/mol. The van der Waals surface area contributed by atoms with E-state index >= 15 is 0 Å². The third-order valence-electron chi connectivity index (χ3n) is 10.6. The number of aromatic nitrogens is 3. The number of benzene rings is 8. The zero-order valence-electron chi connectivity index (χ0n) is 30.1. The molecule has 0 aliphatic rings. The van der Waals surface area contributed by atoms with Crippen molar-refractivity contribution in [1.82, 2.24) is 15.0 Å². The Bertz CT molecular complexity index is 3230. The van der Waals surface area contributed by atoms with Crippen LogP contribution in [0.25, 0.3) is 110 Å². The van der Waals surface area contributed by atoms with Gasteiger partial charge in [-0.25, -0.2) is 15.0 Å². The predicted octanol–water partition coefficient (Wildman–Crippen LogP) is 14.1. The standard InChI is InChI=1S/C51H31N3OS/c1-4-13-32(14-5-1)33-23-25-36(26-24-33)50-52-49(35-17-8-3-9-18-35)53-51(54-50)43-30-38(31-45-47(43)41-19-10-11-22-44(41)55-45)37-27-28-46-42(29-37)40-21-12-20-39(48(40)56-46)34-15-6-2-7-16-34/h1-31H. The normalized spacial score (nSPS) is 11.6. The largest absolute Gasteiger partial charge is 0.456 e. The minimum Gasteiger partial charge on any atom is -0.456 e. The van der Waals surface area contributed by atoms with Gasteiger partial charge in [0.15, 0.2) is 17.5 Å².